The summed E-state index contributed by atoms with van der Waals surface area (Å²) >= 11 is 6.11. The standard InChI is InChI=1S/C19H18ClN3O/c20-15-7-4-6-14(12-15)17-8-5-9-18-16(13-21-23(17)18)19(24)22-10-2-1-3-11-22/h4-9,12-13H,1-3,10-11H2. The van der Waals surface area contributed by atoms with Gasteiger partial charge in [-0.3, -0.25) is 4.79 Å². The first-order valence-electron chi connectivity index (χ1n) is 8.26. The van der Waals surface area contributed by atoms with Gasteiger partial charge in [0.25, 0.3) is 5.91 Å². The van der Waals surface area contributed by atoms with E-state index in [2.05, 4.69) is 5.10 Å². The Morgan fingerprint density at radius 3 is 2.62 bits per heavy atom. The Kier molecular flexibility index (Phi) is 3.98. The molecule has 1 fully saturated rings. The van der Waals surface area contributed by atoms with Crippen molar-refractivity contribution in [2.75, 3.05) is 13.1 Å². The quantitative estimate of drug-likeness (QED) is 0.698. The Balaban J connectivity index is 1.77. The number of fused-ring (bicyclic) bond motifs is 1. The molecule has 0 spiro atoms. The zero-order valence-corrected chi connectivity index (χ0v) is 14.0. The molecule has 0 atom stereocenters. The van der Waals surface area contributed by atoms with Gasteiger partial charge in [-0.1, -0.05) is 29.8 Å². The predicted octanol–water partition coefficient (Wildman–Crippen LogP) is 4.28. The van der Waals surface area contributed by atoms with Crippen LogP contribution in [-0.2, 0) is 0 Å². The number of benzene rings is 1. The summed E-state index contributed by atoms with van der Waals surface area (Å²) in [6.45, 7) is 1.67. The molecule has 0 saturated carbocycles. The molecule has 0 N–H and O–H groups in total. The summed E-state index contributed by atoms with van der Waals surface area (Å²) in [4.78, 5) is 14.8. The number of piperidine rings is 1. The van der Waals surface area contributed by atoms with Crippen LogP contribution in [-0.4, -0.2) is 33.5 Å². The number of hydrogen-bond acceptors (Lipinski definition) is 2. The highest BCUT2D eigenvalue weighted by Gasteiger charge is 2.22. The Labute approximate surface area is 145 Å². The second kappa shape index (κ2) is 6.29. The van der Waals surface area contributed by atoms with E-state index in [1.165, 1.54) is 6.42 Å². The maximum absolute atomic E-state index is 12.8. The van der Waals surface area contributed by atoms with E-state index in [1.807, 2.05) is 51.9 Å². The summed E-state index contributed by atoms with van der Waals surface area (Å²) in [5, 5.41) is 5.15. The molecule has 1 aliphatic heterocycles. The van der Waals surface area contributed by atoms with Gasteiger partial charge in [-0.05, 0) is 43.5 Å². The third kappa shape index (κ3) is 2.67. The maximum atomic E-state index is 12.8. The number of carbonyl (C=O) groups is 1. The van der Waals surface area contributed by atoms with Gasteiger partial charge in [0.1, 0.15) is 0 Å². The second-order valence-electron chi connectivity index (χ2n) is 6.13. The first kappa shape index (κ1) is 15.2. The van der Waals surface area contributed by atoms with Gasteiger partial charge in [0, 0.05) is 23.7 Å². The van der Waals surface area contributed by atoms with Gasteiger partial charge in [0.15, 0.2) is 0 Å². The highest BCUT2D eigenvalue weighted by Crippen LogP contribution is 2.25. The summed E-state index contributed by atoms with van der Waals surface area (Å²) in [5.41, 5.74) is 3.41. The smallest absolute Gasteiger partial charge is 0.257 e. The van der Waals surface area contributed by atoms with Gasteiger partial charge >= 0.3 is 0 Å². The van der Waals surface area contributed by atoms with E-state index in [-0.39, 0.29) is 5.91 Å². The molecule has 2 aromatic heterocycles. The Morgan fingerprint density at radius 1 is 1.04 bits per heavy atom. The number of hydrogen-bond donors (Lipinski definition) is 0. The van der Waals surface area contributed by atoms with Crippen molar-refractivity contribution in [1.82, 2.24) is 14.5 Å². The molecule has 3 aromatic rings. The molecule has 0 bridgehead atoms. The van der Waals surface area contributed by atoms with Crippen LogP contribution in [0.3, 0.4) is 0 Å². The van der Waals surface area contributed by atoms with Gasteiger partial charge in [-0.2, -0.15) is 5.10 Å². The fourth-order valence-corrected chi connectivity index (χ4v) is 3.50. The lowest BCUT2D eigenvalue weighted by molar-refractivity contribution is 0.0726. The first-order valence-corrected chi connectivity index (χ1v) is 8.64. The van der Waals surface area contributed by atoms with Crippen LogP contribution in [0.1, 0.15) is 29.6 Å². The van der Waals surface area contributed by atoms with Crippen LogP contribution in [0.4, 0.5) is 0 Å². The van der Waals surface area contributed by atoms with E-state index in [4.69, 9.17) is 11.6 Å². The topological polar surface area (TPSA) is 37.6 Å². The molecular formula is C19H18ClN3O. The summed E-state index contributed by atoms with van der Waals surface area (Å²) in [6, 6.07) is 13.6. The van der Waals surface area contributed by atoms with Crippen LogP contribution in [0.15, 0.2) is 48.7 Å². The average Bonchev–Trinajstić information content (AvgIpc) is 3.06. The third-order valence-corrected chi connectivity index (χ3v) is 4.77. The van der Waals surface area contributed by atoms with Crippen LogP contribution in [0.25, 0.3) is 16.8 Å². The van der Waals surface area contributed by atoms with E-state index >= 15 is 0 Å². The van der Waals surface area contributed by atoms with Crippen LogP contribution < -0.4 is 0 Å². The van der Waals surface area contributed by atoms with Crippen LogP contribution in [0.2, 0.25) is 5.02 Å². The van der Waals surface area contributed by atoms with Gasteiger partial charge in [0.2, 0.25) is 0 Å². The largest absolute Gasteiger partial charge is 0.339 e. The van der Waals surface area contributed by atoms with Crippen LogP contribution in [0, 0.1) is 0 Å². The molecule has 0 unspecified atom stereocenters. The van der Waals surface area contributed by atoms with E-state index in [9.17, 15) is 4.79 Å². The van der Waals surface area contributed by atoms with Crippen molar-refractivity contribution in [3.63, 3.8) is 0 Å². The monoisotopic (exact) mass is 339 g/mol. The molecule has 1 aliphatic rings. The molecule has 24 heavy (non-hydrogen) atoms. The van der Waals surface area contributed by atoms with Gasteiger partial charge in [0.05, 0.1) is 23.0 Å². The van der Waals surface area contributed by atoms with Crippen molar-refractivity contribution in [2.45, 2.75) is 19.3 Å². The van der Waals surface area contributed by atoms with Crippen molar-refractivity contribution < 1.29 is 4.79 Å². The second-order valence-corrected chi connectivity index (χ2v) is 6.57. The van der Waals surface area contributed by atoms with Gasteiger partial charge < -0.3 is 4.90 Å². The minimum Gasteiger partial charge on any atom is -0.339 e. The number of pyridine rings is 1. The Hall–Kier alpha value is -2.33. The number of aromatic nitrogens is 2. The number of nitrogens with zero attached hydrogens (tertiary/aromatic N) is 3. The fraction of sp³-hybridized carbons (Fsp3) is 0.263. The lowest BCUT2D eigenvalue weighted by Gasteiger charge is -2.26. The van der Waals surface area contributed by atoms with Crippen molar-refractivity contribution in [3.8, 4) is 11.3 Å². The summed E-state index contributed by atoms with van der Waals surface area (Å²) in [6.07, 6.45) is 5.05. The van der Waals surface area contributed by atoms with E-state index < -0.39 is 0 Å². The maximum Gasteiger partial charge on any atom is 0.257 e. The van der Waals surface area contributed by atoms with Crippen LogP contribution >= 0.6 is 11.6 Å². The van der Waals surface area contributed by atoms with E-state index in [1.54, 1.807) is 6.20 Å². The molecule has 5 heteroatoms. The molecule has 122 valence electrons. The van der Waals surface area contributed by atoms with Crippen molar-refractivity contribution in [3.05, 3.63) is 59.2 Å². The molecular weight excluding hydrogens is 322 g/mol. The van der Waals surface area contributed by atoms with Crippen molar-refractivity contribution in [2.24, 2.45) is 0 Å². The lowest BCUT2D eigenvalue weighted by Crippen LogP contribution is -2.35. The zero-order valence-electron chi connectivity index (χ0n) is 13.3. The molecule has 0 radical (unpaired) electrons. The molecule has 4 nitrogen and oxygen atoms in total. The summed E-state index contributed by atoms with van der Waals surface area (Å²) in [7, 11) is 0. The number of rotatable bonds is 2. The predicted molar refractivity (Wildman–Crippen MR) is 95.4 cm³/mol. The molecule has 3 heterocycles. The van der Waals surface area contributed by atoms with Gasteiger partial charge in [-0.25, -0.2) is 4.52 Å². The number of carbonyl (C=O) groups excluding carboxylic acids is 1. The zero-order chi connectivity index (χ0) is 16.5. The summed E-state index contributed by atoms with van der Waals surface area (Å²) in [5.74, 6) is 0.0768. The number of likely N-dealkylation sites (tertiary alicyclic amines) is 1. The fourth-order valence-electron chi connectivity index (χ4n) is 3.31. The highest BCUT2D eigenvalue weighted by atomic mass is 35.5. The minimum absolute atomic E-state index is 0.0768. The van der Waals surface area contributed by atoms with Crippen molar-refractivity contribution >= 4 is 23.0 Å². The molecule has 1 amide bonds. The molecule has 4 rings (SSSR count). The first-order chi connectivity index (χ1) is 11.7. The Morgan fingerprint density at radius 2 is 1.83 bits per heavy atom. The van der Waals surface area contributed by atoms with E-state index in [0.29, 0.717) is 10.6 Å². The normalized spacial score (nSPS) is 15.0. The summed E-state index contributed by atoms with van der Waals surface area (Å²) < 4.78 is 1.82. The lowest BCUT2D eigenvalue weighted by atomic mass is 10.1. The van der Waals surface area contributed by atoms with Crippen LogP contribution in [0.5, 0.6) is 0 Å². The third-order valence-electron chi connectivity index (χ3n) is 4.54. The number of amides is 1. The average molecular weight is 340 g/mol. The molecule has 0 aliphatic carbocycles. The number of halogens is 1. The Bertz CT molecular complexity index is 897. The molecule has 1 aromatic carbocycles. The minimum atomic E-state index is 0.0768. The van der Waals surface area contributed by atoms with Crippen molar-refractivity contribution in [1.29, 1.82) is 0 Å². The van der Waals surface area contributed by atoms with Gasteiger partial charge in [-0.15, -0.1) is 0 Å². The SMILES string of the molecule is O=C(c1cnn2c(-c3cccc(Cl)c3)cccc12)N1CCCCC1. The van der Waals surface area contributed by atoms with E-state index in [0.717, 1.165) is 42.7 Å². The highest BCUT2D eigenvalue weighted by molar-refractivity contribution is 6.30. The molecule has 1 saturated heterocycles.